The summed E-state index contributed by atoms with van der Waals surface area (Å²) in [7, 11) is 0. The normalized spacial score (nSPS) is 30.9. The lowest BCUT2D eigenvalue weighted by molar-refractivity contribution is -0.154. The quantitative estimate of drug-likeness (QED) is 0.310. The highest BCUT2D eigenvalue weighted by molar-refractivity contribution is 6.00. The van der Waals surface area contributed by atoms with Gasteiger partial charge in [0, 0.05) is 39.3 Å². The van der Waals surface area contributed by atoms with Crippen LogP contribution in [0, 0.1) is 11.8 Å². The number of hydrogen-bond acceptors (Lipinski definition) is 5. The molecule has 8 heteroatoms. The maximum absolute atomic E-state index is 14.5. The van der Waals surface area contributed by atoms with Gasteiger partial charge < -0.3 is 24.5 Å². The maximum Gasteiger partial charge on any atom is 0.249 e. The molecular formula is C33H45N3O5. The van der Waals surface area contributed by atoms with Crippen LogP contribution in [0.3, 0.4) is 0 Å². The lowest BCUT2D eigenvalue weighted by Gasteiger charge is -2.38. The van der Waals surface area contributed by atoms with E-state index in [2.05, 4.69) is 6.92 Å². The number of fused-ring (bicyclic) bond motifs is 2. The fourth-order valence-corrected chi connectivity index (χ4v) is 7.34. The zero-order chi connectivity index (χ0) is 29.0. The van der Waals surface area contributed by atoms with Crippen LogP contribution >= 0.6 is 0 Å². The van der Waals surface area contributed by atoms with Crippen molar-refractivity contribution < 1.29 is 24.2 Å². The molecule has 8 nitrogen and oxygen atoms in total. The molecule has 1 aromatic rings. The average molecular weight is 564 g/mol. The molecule has 0 bridgehead atoms. The van der Waals surface area contributed by atoms with Crippen LogP contribution in [0.1, 0.15) is 64.4 Å². The number of aliphatic hydroxyl groups excluding tert-OH is 1. The smallest absolute Gasteiger partial charge is 0.249 e. The second-order valence-corrected chi connectivity index (χ2v) is 11.9. The Balaban J connectivity index is 1.53. The van der Waals surface area contributed by atoms with Crippen molar-refractivity contribution in [2.45, 2.75) is 82.6 Å². The van der Waals surface area contributed by atoms with E-state index in [1.807, 2.05) is 71.4 Å². The number of hydrogen-bond donors (Lipinski definition) is 1. The van der Waals surface area contributed by atoms with Crippen molar-refractivity contribution in [3.05, 3.63) is 60.2 Å². The Hall–Kier alpha value is -2.97. The van der Waals surface area contributed by atoms with Crippen LogP contribution in [0.4, 0.5) is 0 Å². The lowest BCUT2D eigenvalue weighted by atomic mass is 9.73. The Bertz CT molecular complexity index is 1170. The molecule has 1 N–H and O–H groups in total. The molecule has 0 aliphatic carbocycles. The SMILES string of the molecule is CCCCN1CC=C[C@]23O[C@@]4(CC)C=CCN(Cc5ccccc5)C(=O)[C@H]4[C@H]2C(=O)N(CCCCCCO)C3C1=O. The average Bonchev–Trinajstić information content (AvgIpc) is 3.27. The third kappa shape index (κ3) is 5.25. The molecule has 4 heterocycles. The standard InChI is InChI=1S/C33H45N3O5/c1-3-5-19-34-20-14-18-33-27(30(39)36(28(33)31(34)40)22-11-6-7-12-23-37)26-29(38)35(24-25-15-9-8-10-16-25)21-13-17-32(26,4-2)41-33/h8-10,13-18,26-28,37H,3-7,11-12,19-24H2,1-2H3/t26-,27+,28?,32+,33+/m1/s1. The summed E-state index contributed by atoms with van der Waals surface area (Å²) >= 11 is 0. The van der Waals surface area contributed by atoms with Gasteiger partial charge in [0.2, 0.25) is 17.7 Å². The first-order valence-corrected chi connectivity index (χ1v) is 15.5. The summed E-state index contributed by atoms with van der Waals surface area (Å²) in [5, 5.41) is 9.19. The van der Waals surface area contributed by atoms with Gasteiger partial charge in [-0.2, -0.15) is 0 Å². The van der Waals surface area contributed by atoms with E-state index >= 15 is 0 Å². The fourth-order valence-electron chi connectivity index (χ4n) is 7.34. The molecule has 1 spiro atoms. The molecule has 1 unspecified atom stereocenters. The van der Waals surface area contributed by atoms with Crippen LogP contribution in [0.5, 0.6) is 0 Å². The van der Waals surface area contributed by atoms with Crippen LogP contribution in [0.25, 0.3) is 0 Å². The van der Waals surface area contributed by atoms with Gasteiger partial charge >= 0.3 is 0 Å². The summed E-state index contributed by atoms with van der Waals surface area (Å²) in [6.07, 6.45) is 13.5. The Morgan fingerprint density at radius 3 is 2.29 bits per heavy atom. The predicted molar refractivity (Wildman–Crippen MR) is 156 cm³/mol. The Morgan fingerprint density at radius 1 is 0.829 bits per heavy atom. The highest BCUT2D eigenvalue weighted by Crippen LogP contribution is 2.58. The highest BCUT2D eigenvalue weighted by Gasteiger charge is 2.75. The summed E-state index contributed by atoms with van der Waals surface area (Å²) in [6, 6.07) is 9.11. The molecule has 4 aliphatic heterocycles. The van der Waals surface area contributed by atoms with E-state index in [4.69, 9.17) is 4.74 Å². The largest absolute Gasteiger partial charge is 0.396 e. The van der Waals surface area contributed by atoms with Gasteiger partial charge in [0.05, 0.1) is 17.4 Å². The summed E-state index contributed by atoms with van der Waals surface area (Å²) in [6.45, 7) is 6.68. The highest BCUT2D eigenvalue weighted by atomic mass is 16.5. The summed E-state index contributed by atoms with van der Waals surface area (Å²) in [5.41, 5.74) is -1.13. The van der Waals surface area contributed by atoms with Gasteiger partial charge in [0.1, 0.15) is 11.6 Å². The third-order valence-corrected chi connectivity index (χ3v) is 9.41. The number of aliphatic hydroxyl groups is 1. The first-order chi connectivity index (χ1) is 19.9. The number of amides is 3. The third-order valence-electron chi connectivity index (χ3n) is 9.41. The van der Waals surface area contributed by atoms with Crippen LogP contribution in [-0.2, 0) is 25.7 Å². The number of benzene rings is 1. The minimum absolute atomic E-state index is 0.0880. The first-order valence-electron chi connectivity index (χ1n) is 15.5. The Morgan fingerprint density at radius 2 is 1.56 bits per heavy atom. The van der Waals surface area contributed by atoms with Crippen molar-refractivity contribution in [1.82, 2.24) is 14.7 Å². The van der Waals surface area contributed by atoms with Gasteiger partial charge in [-0.05, 0) is 31.2 Å². The van der Waals surface area contributed by atoms with Crippen molar-refractivity contribution in [2.24, 2.45) is 11.8 Å². The number of carbonyl (C=O) groups excluding carboxylic acids is 3. The molecule has 1 aromatic carbocycles. The fraction of sp³-hybridized carbons (Fsp3) is 0.606. The lowest BCUT2D eigenvalue weighted by Crippen LogP contribution is -2.56. The van der Waals surface area contributed by atoms with E-state index in [-0.39, 0.29) is 24.3 Å². The van der Waals surface area contributed by atoms with Gasteiger partial charge in [0.25, 0.3) is 0 Å². The van der Waals surface area contributed by atoms with Crippen LogP contribution in [0.2, 0.25) is 0 Å². The van der Waals surface area contributed by atoms with E-state index in [1.54, 1.807) is 4.90 Å². The zero-order valence-corrected chi connectivity index (χ0v) is 24.5. The van der Waals surface area contributed by atoms with E-state index in [0.29, 0.717) is 39.1 Å². The number of nitrogens with zero attached hydrogens (tertiary/aromatic N) is 3. The second kappa shape index (κ2) is 12.5. The summed E-state index contributed by atoms with van der Waals surface area (Å²) < 4.78 is 7.05. The molecule has 222 valence electrons. The first kappa shape index (κ1) is 29.5. The van der Waals surface area contributed by atoms with E-state index < -0.39 is 29.1 Å². The van der Waals surface area contributed by atoms with Gasteiger partial charge in [0.15, 0.2) is 0 Å². The summed E-state index contributed by atoms with van der Waals surface area (Å²) in [4.78, 5) is 48.6. The van der Waals surface area contributed by atoms with Gasteiger partial charge in [-0.3, -0.25) is 14.4 Å². The van der Waals surface area contributed by atoms with Gasteiger partial charge in [-0.15, -0.1) is 0 Å². The van der Waals surface area contributed by atoms with Crippen molar-refractivity contribution in [1.29, 1.82) is 0 Å². The van der Waals surface area contributed by atoms with E-state index in [1.165, 1.54) is 0 Å². The number of ether oxygens (including phenoxy) is 1. The van der Waals surface area contributed by atoms with Crippen molar-refractivity contribution >= 4 is 17.7 Å². The number of likely N-dealkylation sites (tertiary alicyclic amines) is 1. The topological polar surface area (TPSA) is 90.4 Å². The molecule has 41 heavy (non-hydrogen) atoms. The molecule has 2 saturated heterocycles. The van der Waals surface area contributed by atoms with E-state index in [0.717, 1.165) is 44.1 Å². The maximum atomic E-state index is 14.5. The minimum atomic E-state index is -1.20. The molecule has 0 radical (unpaired) electrons. The Labute approximate surface area is 244 Å². The van der Waals surface area contributed by atoms with Crippen molar-refractivity contribution in [3.8, 4) is 0 Å². The molecule has 5 rings (SSSR count). The molecule has 2 fully saturated rings. The van der Waals surface area contributed by atoms with Crippen molar-refractivity contribution in [3.63, 3.8) is 0 Å². The summed E-state index contributed by atoms with van der Waals surface area (Å²) in [5.74, 6) is -1.83. The van der Waals surface area contributed by atoms with Crippen molar-refractivity contribution in [2.75, 3.05) is 32.8 Å². The molecule has 5 atom stereocenters. The van der Waals surface area contributed by atoms with Gasteiger partial charge in [-0.25, -0.2) is 0 Å². The minimum Gasteiger partial charge on any atom is -0.396 e. The molecule has 3 amide bonds. The zero-order valence-electron chi connectivity index (χ0n) is 24.5. The van der Waals surface area contributed by atoms with Gasteiger partial charge in [-0.1, -0.05) is 87.7 Å². The molecule has 0 saturated carbocycles. The van der Waals surface area contributed by atoms with Crippen LogP contribution in [-0.4, -0.2) is 87.6 Å². The number of rotatable bonds is 12. The van der Waals surface area contributed by atoms with E-state index in [9.17, 15) is 19.5 Å². The van der Waals surface area contributed by atoms with Crippen LogP contribution < -0.4 is 0 Å². The van der Waals surface area contributed by atoms with Crippen LogP contribution in [0.15, 0.2) is 54.6 Å². The Kier molecular flexibility index (Phi) is 9.00. The molecule has 4 aliphatic rings. The number of unbranched alkanes of at least 4 members (excludes halogenated alkanes) is 4. The molecular weight excluding hydrogens is 518 g/mol. The monoisotopic (exact) mass is 563 g/mol. The number of carbonyl (C=O) groups is 3. The second-order valence-electron chi connectivity index (χ2n) is 11.9. The molecule has 0 aromatic heterocycles. The predicted octanol–water partition coefficient (Wildman–Crippen LogP) is 3.70.